The third kappa shape index (κ3) is 4.63. The van der Waals surface area contributed by atoms with E-state index < -0.39 is 0 Å². The van der Waals surface area contributed by atoms with Gasteiger partial charge in [0.15, 0.2) is 0 Å². The lowest BCUT2D eigenvalue weighted by Crippen LogP contribution is -2.52. The molecule has 1 amide bonds. The van der Waals surface area contributed by atoms with Crippen molar-refractivity contribution in [2.24, 2.45) is 0 Å². The van der Waals surface area contributed by atoms with Crippen LogP contribution in [0.4, 0.5) is 5.82 Å². The lowest BCUT2D eigenvalue weighted by atomic mass is 10.2. The molecule has 0 bridgehead atoms. The number of nitrogen functional groups attached to an aromatic ring is 1. The molecule has 1 atom stereocenters. The number of aromatic nitrogens is 2. The Balaban J connectivity index is 1.52. The molecule has 9 heteroatoms. The fourth-order valence-corrected chi connectivity index (χ4v) is 3.25. The maximum absolute atomic E-state index is 12.6. The Morgan fingerprint density at radius 1 is 1.20 bits per heavy atom. The predicted octanol–water partition coefficient (Wildman–Crippen LogP) is -1.43. The molecule has 2 saturated heterocycles. The minimum Gasteiger partial charge on any atom is -0.395 e. The monoisotopic (exact) mass is 350 g/mol. The molecule has 0 saturated carbocycles. The summed E-state index contributed by atoms with van der Waals surface area (Å²) < 4.78 is 5.74. The first-order valence-corrected chi connectivity index (χ1v) is 8.68. The summed E-state index contributed by atoms with van der Waals surface area (Å²) in [6, 6.07) is 0. The van der Waals surface area contributed by atoms with Gasteiger partial charge >= 0.3 is 0 Å². The van der Waals surface area contributed by atoms with Crippen molar-refractivity contribution in [2.45, 2.75) is 6.10 Å². The van der Waals surface area contributed by atoms with Crippen LogP contribution in [0.2, 0.25) is 0 Å². The van der Waals surface area contributed by atoms with Gasteiger partial charge in [-0.25, -0.2) is 4.98 Å². The zero-order valence-corrected chi connectivity index (χ0v) is 14.4. The maximum atomic E-state index is 12.6. The summed E-state index contributed by atoms with van der Waals surface area (Å²) in [5.41, 5.74) is 6.47. The van der Waals surface area contributed by atoms with Gasteiger partial charge in [-0.3, -0.25) is 19.6 Å². The molecule has 0 aromatic carbocycles. The standard InChI is InChI=1S/C16H26N6O3/c17-16-15(18-1-2-19-16)13-11-22(8-10-25-13)14(24)12-21-5-3-20(4-6-21)7-9-23/h1-2,13,23H,3-12H2,(H2,17,19). The van der Waals surface area contributed by atoms with Gasteiger partial charge in [0.25, 0.3) is 0 Å². The normalized spacial score (nSPS) is 22.9. The van der Waals surface area contributed by atoms with Gasteiger partial charge in [0, 0.05) is 51.7 Å². The lowest BCUT2D eigenvalue weighted by Gasteiger charge is -2.37. The van der Waals surface area contributed by atoms with E-state index in [-0.39, 0.29) is 18.6 Å². The zero-order valence-electron chi connectivity index (χ0n) is 14.4. The number of carbonyl (C=O) groups is 1. The van der Waals surface area contributed by atoms with Gasteiger partial charge in [0.1, 0.15) is 17.6 Å². The van der Waals surface area contributed by atoms with Crippen molar-refractivity contribution in [3.63, 3.8) is 0 Å². The number of ether oxygens (including phenoxy) is 1. The molecule has 1 aromatic heterocycles. The Hall–Kier alpha value is -1.81. The van der Waals surface area contributed by atoms with Crippen molar-refractivity contribution in [3.05, 3.63) is 18.1 Å². The number of piperazine rings is 1. The Kier molecular flexibility index (Phi) is 6.14. The van der Waals surface area contributed by atoms with E-state index in [0.29, 0.717) is 44.3 Å². The molecule has 3 rings (SSSR count). The van der Waals surface area contributed by atoms with Crippen molar-refractivity contribution >= 4 is 11.7 Å². The summed E-state index contributed by atoms with van der Waals surface area (Å²) in [5.74, 6) is 0.452. The van der Waals surface area contributed by atoms with Crippen molar-refractivity contribution < 1.29 is 14.6 Å². The number of carbonyl (C=O) groups excluding carboxylic acids is 1. The first kappa shape index (κ1) is 18.0. The van der Waals surface area contributed by atoms with E-state index in [1.54, 1.807) is 12.4 Å². The van der Waals surface area contributed by atoms with Crippen LogP contribution < -0.4 is 5.73 Å². The number of β-amino-alcohol motifs (C(OH)–C–C–N with tert-alkyl or cyclic N) is 1. The Morgan fingerprint density at radius 3 is 2.64 bits per heavy atom. The van der Waals surface area contributed by atoms with Crippen LogP contribution in [0.25, 0.3) is 0 Å². The van der Waals surface area contributed by atoms with Crippen molar-refractivity contribution in [1.29, 1.82) is 0 Å². The van der Waals surface area contributed by atoms with Crippen LogP contribution in [0.3, 0.4) is 0 Å². The van der Waals surface area contributed by atoms with Crippen molar-refractivity contribution in [2.75, 3.05) is 71.3 Å². The number of rotatable bonds is 5. The second-order valence-corrected chi connectivity index (χ2v) is 6.37. The Bertz CT molecular complexity index is 579. The number of hydrogen-bond acceptors (Lipinski definition) is 8. The molecular formula is C16H26N6O3. The van der Waals surface area contributed by atoms with Crippen LogP contribution in [0.15, 0.2) is 12.4 Å². The second kappa shape index (κ2) is 8.52. The molecule has 25 heavy (non-hydrogen) atoms. The van der Waals surface area contributed by atoms with Crippen LogP contribution in [0.1, 0.15) is 11.8 Å². The number of aliphatic hydroxyl groups is 1. The first-order chi connectivity index (χ1) is 12.2. The summed E-state index contributed by atoms with van der Waals surface area (Å²) >= 11 is 0. The molecule has 2 aliphatic rings. The first-order valence-electron chi connectivity index (χ1n) is 8.68. The maximum Gasteiger partial charge on any atom is 0.236 e. The van der Waals surface area contributed by atoms with Crippen LogP contribution in [0.5, 0.6) is 0 Å². The number of nitrogens with two attached hydrogens (primary N) is 1. The minimum atomic E-state index is -0.326. The summed E-state index contributed by atoms with van der Waals surface area (Å²) in [4.78, 5) is 27.1. The van der Waals surface area contributed by atoms with E-state index in [9.17, 15) is 4.79 Å². The summed E-state index contributed by atoms with van der Waals surface area (Å²) in [6.07, 6.45) is 2.80. The van der Waals surface area contributed by atoms with Gasteiger partial charge in [-0.05, 0) is 0 Å². The van der Waals surface area contributed by atoms with Crippen molar-refractivity contribution in [3.8, 4) is 0 Å². The highest BCUT2D eigenvalue weighted by Crippen LogP contribution is 2.23. The largest absolute Gasteiger partial charge is 0.395 e. The molecule has 2 fully saturated rings. The third-order valence-electron chi connectivity index (χ3n) is 4.72. The highest BCUT2D eigenvalue weighted by Gasteiger charge is 2.29. The van der Waals surface area contributed by atoms with Crippen molar-refractivity contribution in [1.82, 2.24) is 24.7 Å². The molecule has 2 aliphatic heterocycles. The number of nitrogens with zero attached hydrogens (tertiary/aromatic N) is 5. The number of anilines is 1. The fourth-order valence-electron chi connectivity index (χ4n) is 3.25. The van der Waals surface area contributed by atoms with E-state index in [1.165, 1.54) is 0 Å². The molecule has 3 heterocycles. The van der Waals surface area contributed by atoms with E-state index in [0.717, 1.165) is 26.2 Å². The molecule has 1 unspecified atom stereocenters. The smallest absolute Gasteiger partial charge is 0.236 e. The second-order valence-electron chi connectivity index (χ2n) is 6.37. The molecule has 0 radical (unpaired) electrons. The zero-order chi connectivity index (χ0) is 17.6. The quantitative estimate of drug-likeness (QED) is 0.665. The van der Waals surface area contributed by atoms with Gasteiger partial charge in [-0.2, -0.15) is 0 Å². The minimum absolute atomic E-state index is 0.103. The summed E-state index contributed by atoms with van der Waals surface area (Å²) in [6.45, 7) is 6.25. The summed E-state index contributed by atoms with van der Waals surface area (Å²) in [7, 11) is 0. The topological polar surface area (TPSA) is 108 Å². The molecule has 3 N–H and O–H groups in total. The number of morpholine rings is 1. The summed E-state index contributed by atoms with van der Waals surface area (Å²) in [5, 5.41) is 8.99. The number of amides is 1. The third-order valence-corrected chi connectivity index (χ3v) is 4.72. The van der Waals surface area contributed by atoms with E-state index in [1.807, 2.05) is 4.90 Å². The van der Waals surface area contributed by atoms with Gasteiger partial charge in [-0.15, -0.1) is 0 Å². The van der Waals surface area contributed by atoms with Crippen LogP contribution in [-0.2, 0) is 9.53 Å². The lowest BCUT2D eigenvalue weighted by molar-refractivity contribution is -0.140. The predicted molar refractivity (Wildman–Crippen MR) is 91.7 cm³/mol. The highest BCUT2D eigenvalue weighted by molar-refractivity contribution is 5.78. The van der Waals surface area contributed by atoms with Crippen LogP contribution in [0, 0.1) is 0 Å². The average molecular weight is 350 g/mol. The Morgan fingerprint density at radius 2 is 1.92 bits per heavy atom. The van der Waals surface area contributed by atoms with Gasteiger partial charge < -0.3 is 20.5 Å². The molecule has 1 aromatic rings. The fraction of sp³-hybridized carbons (Fsp3) is 0.688. The van der Waals surface area contributed by atoms with E-state index in [4.69, 9.17) is 15.6 Å². The van der Waals surface area contributed by atoms with Gasteiger partial charge in [0.05, 0.1) is 26.3 Å². The van der Waals surface area contributed by atoms with Crippen LogP contribution in [-0.4, -0.2) is 101 Å². The number of hydrogen-bond donors (Lipinski definition) is 2. The van der Waals surface area contributed by atoms with E-state index in [2.05, 4.69) is 19.8 Å². The van der Waals surface area contributed by atoms with Gasteiger partial charge in [0.2, 0.25) is 5.91 Å². The highest BCUT2D eigenvalue weighted by atomic mass is 16.5. The molecular weight excluding hydrogens is 324 g/mol. The number of aliphatic hydroxyl groups excluding tert-OH is 1. The SMILES string of the molecule is Nc1nccnc1C1CN(C(=O)CN2CCN(CCO)CC2)CCO1. The molecule has 9 nitrogen and oxygen atoms in total. The van der Waals surface area contributed by atoms with E-state index >= 15 is 0 Å². The Labute approximate surface area is 147 Å². The van der Waals surface area contributed by atoms with Gasteiger partial charge in [-0.1, -0.05) is 0 Å². The van der Waals surface area contributed by atoms with Crippen LogP contribution >= 0.6 is 0 Å². The average Bonchev–Trinajstić information content (AvgIpc) is 2.64. The molecule has 0 aliphatic carbocycles. The molecule has 138 valence electrons. The molecule has 0 spiro atoms.